The minimum atomic E-state index is -0.385. The van der Waals surface area contributed by atoms with Gasteiger partial charge in [0.05, 0.1) is 11.3 Å². The molecule has 6 heteroatoms. The SMILES string of the molecule is Cc1coc(NC(=O)c2ccc(N)cc2N)n1. The maximum Gasteiger partial charge on any atom is 0.301 e. The predicted octanol–water partition coefficient (Wildman–Crippen LogP) is 1.40. The highest BCUT2D eigenvalue weighted by Crippen LogP contribution is 2.17. The lowest BCUT2D eigenvalue weighted by Gasteiger charge is -2.05. The average Bonchev–Trinajstić information content (AvgIpc) is 2.63. The third-order valence-electron chi connectivity index (χ3n) is 2.16. The van der Waals surface area contributed by atoms with Crippen molar-refractivity contribution in [3.05, 3.63) is 35.7 Å². The molecule has 0 radical (unpaired) electrons. The van der Waals surface area contributed by atoms with Crippen LogP contribution in [0.15, 0.2) is 28.9 Å². The van der Waals surface area contributed by atoms with E-state index in [2.05, 4.69) is 10.3 Å². The number of nitrogen functional groups attached to an aromatic ring is 2. The number of nitrogens with one attached hydrogen (secondary N) is 1. The van der Waals surface area contributed by atoms with Crippen molar-refractivity contribution in [2.75, 3.05) is 16.8 Å². The minimum Gasteiger partial charge on any atom is -0.432 e. The van der Waals surface area contributed by atoms with Gasteiger partial charge >= 0.3 is 6.01 Å². The number of carbonyl (C=O) groups is 1. The van der Waals surface area contributed by atoms with Gasteiger partial charge in [0.25, 0.3) is 5.91 Å². The van der Waals surface area contributed by atoms with Gasteiger partial charge in [0.2, 0.25) is 0 Å². The summed E-state index contributed by atoms with van der Waals surface area (Å²) in [6.07, 6.45) is 1.45. The number of rotatable bonds is 2. The summed E-state index contributed by atoms with van der Waals surface area (Å²) in [7, 11) is 0. The van der Waals surface area contributed by atoms with Gasteiger partial charge in [0, 0.05) is 11.4 Å². The molecule has 0 aliphatic heterocycles. The Kier molecular flexibility index (Phi) is 2.70. The molecule has 1 aromatic carbocycles. The highest BCUT2D eigenvalue weighted by molar-refractivity contribution is 6.07. The summed E-state index contributed by atoms with van der Waals surface area (Å²) in [6.45, 7) is 1.76. The van der Waals surface area contributed by atoms with Crippen molar-refractivity contribution >= 4 is 23.3 Å². The van der Waals surface area contributed by atoms with E-state index in [9.17, 15) is 4.79 Å². The molecule has 0 saturated carbocycles. The van der Waals surface area contributed by atoms with E-state index in [1.807, 2.05) is 0 Å². The van der Waals surface area contributed by atoms with Gasteiger partial charge in [0.15, 0.2) is 0 Å². The summed E-state index contributed by atoms with van der Waals surface area (Å²) in [5, 5.41) is 2.50. The van der Waals surface area contributed by atoms with Gasteiger partial charge in [0.1, 0.15) is 6.26 Å². The summed E-state index contributed by atoms with van der Waals surface area (Å²) >= 11 is 0. The standard InChI is InChI=1S/C11H12N4O2/c1-6-5-17-11(14-6)15-10(16)8-3-2-7(12)4-9(8)13/h2-5H,12-13H2,1H3,(H,14,15,16). The van der Waals surface area contributed by atoms with Crippen LogP contribution in [0.2, 0.25) is 0 Å². The lowest BCUT2D eigenvalue weighted by Crippen LogP contribution is -2.14. The van der Waals surface area contributed by atoms with E-state index in [-0.39, 0.29) is 11.9 Å². The zero-order valence-corrected chi connectivity index (χ0v) is 9.23. The van der Waals surface area contributed by atoms with Gasteiger partial charge in [-0.15, -0.1) is 0 Å². The van der Waals surface area contributed by atoms with E-state index in [1.165, 1.54) is 12.3 Å². The molecule has 2 aromatic rings. The molecule has 0 saturated heterocycles. The summed E-state index contributed by atoms with van der Waals surface area (Å²) in [5.74, 6) is -0.385. The van der Waals surface area contributed by atoms with Crippen molar-refractivity contribution in [1.29, 1.82) is 0 Å². The Morgan fingerprint density at radius 1 is 1.41 bits per heavy atom. The number of amides is 1. The summed E-state index contributed by atoms with van der Waals surface area (Å²) in [4.78, 5) is 15.8. The fraction of sp³-hybridized carbons (Fsp3) is 0.0909. The number of aromatic nitrogens is 1. The number of aryl methyl sites for hydroxylation is 1. The largest absolute Gasteiger partial charge is 0.432 e. The average molecular weight is 232 g/mol. The van der Waals surface area contributed by atoms with E-state index in [0.717, 1.165) is 0 Å². The van der Waals surface area contributed by atoms with Crippen LogP contribution >= 0.6 is 0 Å². The Bertz CT molecular complexity index is 562. The van der Waals surface area contributed by atoms with Crippen molar-refractivity contribution in [2.45, 2.75) is 6.92 Å². The molecule has 0 fully saturated rings. The molecule has 1 aromatic heterocycles. The first-order valence-electron chi connectivity index (χ1n) is 4.95. The smallest absolute Gasteiger partial charge is 0.301 e. The van der Waals surface area contributed by atoms with Gasteiger partial charge in [-0.25, -0.2) is 0 Å². The second-order valence-electron chi connectivity index (χ2n) is 3.59. The van der Waals surface area contributed by atoms with E-state index in [0.29, 0.717) is 22.6 Å². The van der Waals surface area contributed by atoms with Crippen LogP contribution in [0, 0.1) is 6.92 Å². The van der Waals surface area contributed by atoms with Crippen LogP contribution in [0.3, 0.4) is 0 Å². The lowest BCUT2D eigenvalue weighted by atomic mass is 10.1. The van der Waals surface area contributed by atoms with Crippen molar-refractivity contribution in [3.63, 3.8) is 0 Å². The van der Waals surface area contributed by atoms with Crippen molar-refractivity contribution < 1.29 is 9.21 Å². The van der Waals surface area contributed by atoms with Crippen LogP contribution in [0.4, 0.5) is 17.4 Å². The quantitative estimate of drug-likeness (QED) is 0.678. The van der Waals surface area contributed by atoms with Gasteiger partial charge in [-0.1, -0.05) is 0 Å². The van der Waals surface area contributed by atoms with E-state index in [4.69, 9.17) is 15.9 Å². The van der Waals surface area contributed by atoms with Crippen LogP contribution in [0.1, 0.15) is 16.1 Å². The molecule has 17 heavy (non-hydrogen) atoms. The Labute approximate surface area is 97.6 Å². The Morgan fingerprint density at radius 3 is 2.76 bits per heavy atom. The summed E-state index contributed by atoms with van der Waals surface area (Å²) in [5.41, 5.74) is 13.1. The Balaban J connectivity index is 2.20. The van der Waals surface area contributed by atoms with Crippen LogP contribution in [-0.4, -0.2) is 10.9 Å². The molecule has 5 N–H and O–H groups in total. The first kappa shape index (κ1) is 11.0. The third kappa shape index (κ3) is 2.36. The van der Waals surface area contributed by atoms with Crippen LogP contribution in [0.25, 0.3) is 0 Å². The van der Waals surface area contributed by atoms with Gasteiger partial charge in [-0.3, -0.25) is 10.1 Å². The first-order chi connectivity index (χ1) is 8.06. The van der Waals surface area contributed by atoms with Crippen LogP contribution in [-0.2, 0) is 0 Å². The molecular formula is C11H12N4O2. The predicted molar refractivity (Wildman–Crippen MR) is 64.5 cm³/mol. The van der Waals surface area contributed by atoms with Crippen LogP contribution in [0.5, 0.6) is 0 Å². The molecule has 88 valence electrons. The minimum absolute atomic E-state index is 0.142. The number of hydrogen-bond acceptors (Lipinski definition) is 5. The molecule has 0 aliphatic rings. The van der Waals surface area contributed by atoms with Crippen molar-refractivity contribution in [1.82, 2.24) is 4.98 Å². The van der Waals surface area contributed by atoms with E-state index in [1.54, 1.807) is 19.1 Å². The van der Waals surface area contributed by atoms with Crippen molar-refractivity contribution in [2.24, 2.45) is 0 Å². The van der Waals surface area contributed by atoms with E-state index >= 15 is 0 Å². The Hall–Kier alpha value is -2.50. The fourth-order valence-electron chi connectivity index (χ4n) is 1.36. The summed E-state index contributed by atoms with van der Waals surface area (Å²) in [6, 6.07) is 4.82. The molecule has 0 unspecified atom stereocenters. The number of nitrogens with two attached hydrogens (primary N) is 2. The first-order valence-corrected chi connectivity index (χ1v) is 4.95. The normalized spacial score (nSPS) is 10.2. The number of nitrogens with zero attached hydrogens (tertiary/aromatic N) is 1. The number of benzene rings is 1. The molecule has 1 amide bonds. The monoisotopic (exact) mass is 232 g/mol. The fourth-order valence-corrected chi connectivity index (χ4v) is 1.36. The molecule has 0 spiro atoms. The molecule has 0 atom stereocenters. The zero-order chi connectivity index (χ0) is 12.4. The number of hydrogen-bond donors (Lipinski definition) is 3. The topological polar surface area (TPSA) is 107 Å². The number of anilines is 3. The van der Waals surface area contributed by atoms with E-state index < -0.39 is 0 Å². The number of carbonyl (C=O) groups excluding carboxylic acids is 1. The molecule has 2 rings (SSSR count). The lowest BCUT2D eigenvalue weighted by molar-refractivity contribution is 0.102. The molecule has 6 nitrogen and oxygen atoms in total. The maximum atomic E-state index is 11.8. The maximum absolute atomic E-state index is 11.8. The van der Waals surface area contributed by atoms with Gasteiger partial charge in [-0.2, -0.15) is 4.98 Å². The molecule has 0 bridgehead atoms. The highest BCUT2D eigenvalue weighted by atomic mass is 16.4. The summed E-state index contributed by atoms with van der Waals surface area (Å²) < 4.78 is 5.01. The number of oxazole rings is 1. The molecular weight excluding hydrogens is 220 g/mol. The second kappa shape index (κ2) is 4.17. The Morgan fingerprint density at radius 2 is 2.18 bits per heavy atom. The molecule has 1 heterocycles. The van der Waals surface area contributed by atoms with Crippen LogP contribution < -0.4 is 16.8 Å². The van der Waals surface area contributed by atoms with Crippen molar-refractivity contribution in [3.8, 4) is 0 Å². The molecule has 0 aliphatic carbocycles. The van der Waals surface area contributed by atoms with Gasteiger partial charge < -0.3 is 15.9 Å². The zero-order valence-electron chi connectivity index (χ0n) is 9.23. The second-order valence-corrected chi connectivity index (χ2v) is 3.59. The third-order valence-corrected chi connectivity index (χ3v) is 2.16. The van der Waals surface area contributed by atoms with Gasteiger partial charge in [-0.05, 0) is 25.1 Å². The highest BCUT2D eigenvalue weighted by Gasteiger charge is 2.12.